The number of benzene rings is 2. The van der Waals surface area contributed by atoms with Crippen molar-refractivity contribution in [2.24, 2.45) is 5.92 Å². The van der Waals surface area contributed by atoms with E-state index in [2.05, 4.69) is 15.2 Å². The maximum absolute atomic E-state index is 13.7. The number of alkyl halides is 1. The van der Waals surface area contributed by atoms with E-state index in [9.17, 15) is 9.18 Å². The van der Waals surface area contributed by atoms with Crippen LogP contribution in [0.1, 0.15) is 23.7 Å². The van der Waals surface area contributed by atoms with Crippen LogP contribution in [0.15, 0.2) is 54.6 Å². The van der Waals surface area contributed by atoms with Crippen molar-refractivity contribution >= 4 is 5.91 Å². The number of nitrogens with zero attached hydrogens (tertiary/aromatic N) is 3. The lowest BCUT2D eigenvalue weighted by Gasteiger charge is -2.16. The first-order valence-corrected chi connectivity index (χ1v) is 10.1. The van der Waals surface area contributed by atoms with E-state index in [0.717, 1.165) is 16.9 Å². The maximum Gasteiger partial charge on any atom is 0.222 e. The topological polar surface area (TPSA) is 71.1 Å². The summed E-state index contributed by atoms with van der Waals surface area (Å²) in [5, 5.41) is 7.25. The first-order chi connectivity index (χ1) is 14.7. The van der Waals surface area contributed by atoms with Gasteiger partial charge in [0.05, 0.1) is 13.8 Å². The molecule has 1 N–H and O–H groups in total. The zero-order valence-electron chi connectivity index (χ0n) is 16.9. The number of aromatic nitrogens is 3. The van der Waals surface area contributed by atoms with Gasteiger partial charge in [-0.25, -0.2) is 4.98 Å². The van der Waals surface area contributed by atoms with Gasteiger partial charge in [-0.1, -0.05) is 48.5 Å². The molecule has 6 nitrogen and oxygen atoms in total. The van der Waals surface area contributed by atoms with E-state index in [0.29, 0.717) is 37.6 Å². The van der Waals surface area contributed by atoms with Gasteiger partial charge >= 0.3 is 0 Å². The Bertz CT molecular complexity index is 992. The molecular weight excluding hydrogens is 383 g/mol. The number of rotatable bonds is 7. The van der Waals surface area contributed by atoms with Crippen LogP contribution < -0.4 is 4.74 Å². The van der Waals surface area contributed by atoms with Gasteiger partial charge < -0.3 is 9.64 Å². The van der Waals surface area contributed by atoms with Gasteiger partial charge in [0.15, 0.2) is 5.82 Å². The quantitative estimate of drug-likeness (QED) is 0.648. The van der Waals surface area contributed by atoms with Crippen molar-refractivity contribution in [1.82, 2.24) is 20.1 Å². The summed E-state index contributed by atoms with van der Waals surface area (Å²) in [4.78, 5) is 19.1. The van der Waals surface area contributed by atoms with Crippen LogP contribution >= 0.6 is 0 Å². The second-order valence-electron chi connectivity index (χ2n) is 7.54. The number of aromatic amines is 1. The standard InChI is InChI=1S/C23H25FN4O2/c1-30-20-10-6-5-7-16(20)11-12-21(29)28-14-18(13-24)19(15-28)23-25-22(26-27-23)17-8-3-2-4-9-17/h2-10,18-19H,11-15H2,1H3,(H,25,26,27)/t18-,19-/m1/s1. The molecule has 1 aliphatic rings. The van der Waals surface area contributed by atoms with Crippen molar-refractivity contribution in [3.63, 3.8) is 0 Å². The van der Waals surface area contributed by atoms with Gasteiger partial charge in [0, 0.05) is 36.9 Å². The molecule has 0 spiro atoms. The SMILES string of the molecule is COc1ccccc1CCC(=O)N1C[C@@H](CF)[C@H](c2nc(-c3ccccc3)n[nH]2)C1. The second-order valence-corrected chi connectivity index (χ2v) is 7.54. The molecule has 1 fully saturated rings. The molecule has 1 saturated heterocycles. The zero-order valence-corrected chi connectivity index (χ0v) is 16.9. The van der Waals surface area contributed by atoms with Gasteiger partial charge in [-0.2, -0.15) is 5.10 Å². The van der Waals surface area contributed by atoms with E-state index in [-0.39, 0.29) is 17.7 Å². The smallest absolute Gasteiger partial charge is 0.222 e. The molecule has 1 aliphatic heterocycles. The van der Waals surface area contributed by atoms with Crippen LogP contribution in [0.5, 0.6) is 5.75 Å². The lowest BCUT2D eigenvalue weighted by atomic mass is 9.97. The molecule has 2 atom stereocenters. The van der Waals surface area contributed by atoms with Crippen LogP contribution in [0.3, 0.4) is 0 Å². The van der Waals surface area contributed by atoms with Gasteiger partial charge in [-0.3, -0.25) is 14.3 Å². The first-order valence-electron chi connectivity index (χ1n) is 10.1. The number of aryl methyl sites for hydroxylation is 1. The average Bonchev–Trinajstić information content (AvgIpc) is 3.45. The average molecular weight is 408 g/mol. The van der Waals surface area contributed by atoms with Crippen LogP contribution in [0.25, 0.3) is 11.4 Å². The third kappa shape index (κ3) is 4.20. The Morgan fingerprint density at radius 2 is 1.93 bits per heavy atom. The fourth-order valence-electron chi connectivity index (χ4n) is 4.01. The van der Waals surface area contributed by atoms with Crippen LogP contribution in [0.2, 0.25) is 0 Å². The Morgan fingerprint density at radius 1 is 1.17 bits per heavy atom. The zero-order chi connectivity index (χ0) is 20.9. The fraction of sp³-hybridized carbons (Fsp3) is 0.348. The van der Waals surface area contributed by atoms with Gasteiger partial charge in [-0.15, -0.1) is 0 Å². The molecule has 1 amide bonds. The summed E-state index contributed by atoms with van der Waals surface area (Å²) in [6.45, 7) is 0.346. The molecule has 2 heterocycles. The van der Waals surface area contributed by atoms with Crippen molar-refractivity contribution in [3.8, 4) is 17.1 Å². The van der Waals surface area contributed by atoms with E-state index in [1.54, 1.807) is 12.0 Å². The van der Waals surface area contributed by atoms with E-state index < -0.39 is 6.67 Å². The highest BCUT2D eigenvalue weighted by Crippen LogP contribution is 2.32. The van der Waals surface area contributed by atoms with E-state index >= 15 is 0 Å². The Kier molecular flexibility index (Phi) is 6.07. The number of likely N-dealkylation sites (tertiary alicyclic amines) is 1. The predicted octanol–water partition coefficient (Wildman–Crippen LogP) is 3.62. The third-order valence-electron chi connectivity index (χ3n) is 5.68. The maximum atomic E-state index is 13.7. The summed E-state index contributed by atoms with van der Waals surface area (Å²) < 4.78 is 19.1. The summed E-state index contributed by atoms with van der Waals surface area (Å²) in [6.07, 6.45) is 0.947. The lowest BCUT2D eigenvalue weighted by Crippen LogP contribution is -2.29. The lowest BCUT2D eigenvalue weighted by molar-refractivity contribution is -0.130. The summed E-state index contributed by atoms with van der Waals surface area (Å²) in [5.74, 6) is 1.55. The van der Waals surface area contributed by atoms with Crippen LogP contribution in [-0.4, -0.2) is 52.9 Å². The number of ether oxygens (including phenoxy) is 1. The number of H-pyrrole nitrogens is 1. The molecule has 1 aromatic heterocycles. The molecule has 2 aromatic carbocycles. The minimum Gasteiger partial charge on any atom is -0.496 e. The van der Waals surface area contributed by atoms with Crippen molar-refractivity contribution in [2.45, 2.75) is 18.8 Å². The van der Waals surface area contributed by atoms with E-state index in [4.69, 9.17) is 4.74 Å². The molecule has 156 valence electrons. The summed E-state index contributed by atoms with van der Waals surface area (Å²) in [6, 6.07) is 17.3. The number of amides is 1. The molecule has 0 unspecified atom stereocenters. The third-order valence-corrected chi connectivity index (χ3v) is 5.68. The minimum absolute atomic E-state index is 0.0182. The van der Waals surface area contributed by atoms with E-state index in [1.807, 2.05) is 54.6 Å². The van der Waals surface area contributed by atoms with Crippen molar-refractivity contribution in [2.75, 3.05) is 26.9 Å². The highest BCUT2D eigenvalue weighted by molar-refractivity contribution is 5.77. The number of carbonyl (C=O) groups excluding carboxylic acids is 1. The van der Waals surface area contributed by atoms with Crippen molar-refractivity contribution < 1.29 is 13.9 Å². The van der Waals surface area contributed by atoms with Crippen LogP contribution in [0.4, 0.5) is 4.39 Å². The number of hydrogen-bond acceptors (Lipinski definition) is 4. The van der Waals surface area contributed by atoms with Gasteiger partial charge in [0.2, 0.25) is 5.91 Å². The molecule has 4 rings (SSSR count). The van der Waals surface area contributed by atoms with Gasteiger partial charge in [0.25, 0.3) is 0 Å². The fourth-order valence-corrected chi connectivity index (χ4v) is 4.01. The monoisotopic (exact) mass is 408 g/mol. The van der Waals surface area contributed by atoms with Gasteiger partial charge in [0.1, 0.15) is 11.6 Å². The van der Waals surface area contributed by atoms with Crippen LogP contribution in [0, 0.1) is 5.92 Å². The Hall–Kier alpha value is -3.22. The molecule has 0 bridgehead atoms. The highest BCUT2D eigenvalue weighted by Gasteiger charge is 2.38. The van der Waals surface area contributed by atoms with Crippen molar-refractivity contribution in [1.29, 1.82) is 0 Å². The molecule has 0 aliphatic carbocycles. The van der Waals surface area contributed by atoms with Crippen molar-refractivity contribution in [3.05, 3.63) is 66.0 Å². The number of para-hydroxylation sites is 1. The minimum atomic E-state index is -0.498. The normalized spacial score (nSPS) is 18.5. The molecule has 0 saturated carbocycles. The Morgan fingerprint density at radius 3 is 2.70 bits per heavy atom. The molecule has 0 radical (unpaired) electrons. The molecular formula is C23H25FN4O2. The predicted molar refractivity (Wildman–Crippen MR) is 112 cm³/mol. The van der Waals surface area contributed by atoms with Crippen LogP contribution in [-0.2, 0) is 11.2 Å². The first kappa shape index (κ1) is 20.1. The second kappa shape index (κ2) is 9.07. The molecule has 30 heavy (non-hydrogen) atoms. The Labute approximate surface area is 175 Å². The largest absolute Gasteiger partial charge is 0.496 e. The number of carbonyl (C=O) groups is 1. The summed E-state index contributed by atoms with van der Waals surface area (Å²) >= 11 is 0. The number of hydrogen-bond donors (Lipinski definition) is 1. The Balaban J connectivity index is 1.42. The molecule has 7 heteroatoms. The number of halogens is 1. The summed E-state index contributed by atoms with van der Waals surface area (Å²) in [7, 11) is 1.62. The number of methoxy groups -OCH3 is 1. The summed E-state index contributed by atoms with van der Waals surface area (Å²) in [5.41, 5.74) is 1.90. The molecule has 3 aromatic rings. The van der Waals surface area contributed by atoms with Gasteiger partial charge in [-0.05, 0) is 18.1 Å². The van der Waals surface area contributed by atoms with E-state index in [1.165, 1.54) is 0 Å². The highest BCUT2D eigenvalue weighted by atomic mass is 19.1. The number of nitrogens with one attached hydrogen (secondary N) is 1.